The minimum Gasteiger partial charge on any atom is -0.308 e. The first-order valence-corrected chi connectivity index (χ1v) is 9.29. The van der Waals surface area contributed by atoms with E-state index in [0.717, 1.165) is 16.9 Å². The number of nitrogens with two attached hydrogens (primary N) is 1. The summed E-state index contributed by atoms with van der Waals surface area (Å²) in [6, 6.07) is 8.44. The summed E-state index contributed by atoms with van der Waals surface area (Å²) in [4.78, 5) is 19.3. The average molecular weight is 390 g/mol. The quantitative estimate of drug-likeness (QED) is 0.570. The summed E-state index contributed by atoms with van der Waals surface area (Å²) in [7, 11) is 0. The Bertz CT molecular complexity index is 1270. The van der Waals surface area contributed by atoms with Crippen molar-refractivity contribution < 1.29 is 9.18 Å². The monoisotopic (exact) mass is 390 g/mol. The molecule has 7 nitrogen and oxygen atoms in total. The molecule has 29 heavy (non-hydrogen) atoms. The van der Waals surface area contributed by atoms with E-state index in [1.165, 1.54) is 6.07 Å². The van der Waals surface area contributed by atoms with Crippen LogP contribution in [0.15, 0.2) is 48.9 Å². The highest BCUT2D eigenvalue weighted by molar-refractivity contribution is 6.09. The highest BCUT2D eigenvalue weighted by Gasteiger charge is 2.34. The van der Waals surface area contributed by atoms with Gasteiger partial charge in [-0.05, 0) is 49.7 Å². The van der Waals surface area contributed by atoms with E-state index in [0.29, 0.717) is 22.5 Å². The van der Waals surface area contributed by atoms with Crippen molar-refractivity contribution in [3.8, 4) is 11.1 Å². The van der Waals surface area contributed by atoms with Gasteiger partial charge in [-0.15, -0.1) is 0 Å². The first-order chi connectivity index (χ1) is 13.9. The van der Waals surface area contributed by atoms with Gasteiger partial charge >= 0.3 is 0 Å². The number of hydrogen-bond donors (Lipinski definition) is 1. The molecule has 4 heterocycles. The second kappa shape index (κ2) is 6.25. The number of imidazole rings is 1. The van der Waals surface area contributed by atoms with E-state index < -0.39 is 6.17 Å². The Morgan fingerprint density at radius 2 is 2.00 bits per heavy atom. The van der Waals surface area contributed by atoms with Crippen molar-refractivity contribution >= 4 is 17.2 Å². The Labute approximate surface area is 166 Å². The predicted molar refractivity (Wildman–Crippen MR) is 107 cm³/mol. The third-order valence-electron chi connectivity index (χ3n) is 5.38. The molecule has 3 aromatic heterocycles. The largest absolute Gasteiger partial charge is 0.308 e. The summed E-state index contributed by atoms with van der Waals surface area (Å²) in [5, 5.41) is 4.37. The molecule has 1 atom stereocenters. The van der Waals surface area contributed by atoms with Crippen molar-refractivity contribution in [2.45, 2.75) is 20.0 Å². The van der Waals surface area contributed by atoms with Crippen LogP contribution in [0.4, 0.5) is 10.1 Å². The van der Waals surface area contributed by atoms with Crippen molar-refractivity contribution in [3.63, 3.8) is 0 Å². The first-order valence-electron chi connectivity index (χ1n) is 9.29. The molecule has 1 aromatic carbocycles. The number of carbonyl (C=O) groups is 1. The molecule has 1 aliphatic rings. The van der Waals surface area contributed by atoms with Gasteiger partial charge < -0.3 is 15.0 Å². The number of fused-ring (bicyclic) bond motifs is 2. The van der Waals surface area contributed by atoms with Crippen molar-refractivity contribution in [3.05, 3.63) is 71.7 Å². The van der Waals surface area contributed by atoms with Crippen LogP contribution in [0, 0.1) is 19.7 Å². The van der Waals surface area contributed by atoms with E-state index in [-0.39, 0.29) is 18.3 Å². The number of benzene rings is 1. The molecule has 0 radical (unpaired) electrons. The topological polar surface area (TPSA) is 81.4 Å². The number of aryl methyl sites for hydroxylation is 2. The summed E-state index contributed by atoms with van der Waals surface area (Å²) in [6.45, 7) is 3.90. The molecule has 0 spiro atoms. The van der Waals surface area contributed by atoms with E-state index in [4.69, 9.17) is 5.73 Å². The van der Waals surface area contributed by atoms with E-state index in [1.54, 1.807) is 41.0 Å². The predicted octanol–water partition coefficient (Wildman–Crippen LogP) is 3.07. The minimum atomic E-state index is -0.500. The molecule has 1 amide bonds. The van der Waals surface area contributed by atoms with E-state index >= 15 is 0 Å². The molecule has 0 aliphatic carbocycles. The Hall–Kier alpha value is -3.52. The second-order valence-corrected chi connectivity index (χ2v) is 7.31. The number of rotatable bonds is 2. The maximum absolute atomic E-state index is 13.7. The third kappa shape index (κ3) is 2.64. The zero-order valence-electron chi connectivity index (χ0n) is 16.0. The smallest absolute Gasteiger partial charge is 0.277 e. The lowest BCUT2D eigenvalue weighted by atomic mass is 10.1. The summed E-state index contributed by atoms with van der Waals surface area (Å²) in [5.74, 6) is -0.523. The maximum Gasteiger partial charge on any atom is 0.277 e. The van der Waals surface area contributed by atoms with Crippen LogP contribution in [0.3, 0.4) is 0 Å². The highest BCUT2D eigenvalue weighted by atomic mass is 19.1. The van der Waals surface area contributed by atoms with E-state index in [2.05, 4.69) is 10.1 Å². The van der Waals surface area contributed by atoms with Crippen molar-refractivity contribution in [1.29, 1.82) is 0 Å². The van der Waals surface area contributed by atoms with Crippen LogP contribution in [0.1, 0.15) is 27.9 Å². The highest BCUT2D eigenvalue weighted by Crippen LogP contribution is 2.32. The van der Waals surface area contributed by atoms with Gasteiger partial charge in [-0.2, -0.15) is 5.10 Å². The number of anilines is 1. The van der Waals surface area contributed by atoms with Crippen molar-refractivity contribution in [2.24, 2.45) is 5.73 Å². The van der Waals surface area contributed by atoms with Gasteiger partial charge in [-0.25, -0.2) is 14.1 Å². The molecule has 0 unspecified atom stereocenters. The van der Waals surface area contributed by atoms with Gasteiger partial charge in [0.25, 0.3) is 5.91 Å². The van der Waals surface area contributed by atoms with Crippen LogP contribution in [0.2, 0.25) is 0 Å². The minimum absolute atomic E-state index is 0.215. The van der Waals surface area contributed by atoms with E-state index in [9.17, 15) is 9.18 Å². The maximum atomic E-state index is 13.7. The average Bonchev–Trinajstić information content (AvgIpc) is 3.31. The molecule has 0 saturated carbocycles. The fourth-order valence-electron chi connectivity index (χ4n) is 3.79. The lowest BCUT2D eigenvalue weighted by Crippen LogP contribution is -2.46. The van der Waals surface area contributed by atoms with Gasteiger partial charge in [-0.3, -0.25) is 4.79 Å². The molecule has 5 rings (SSSR count). The van der Waals surface area contributed by atoms with Gasteiger partial charge in [-0.1, -0.05) is 0 Å². The first kappa shape index (κ1) is 17.6. The summed E-state index contributed by atoms with van der Waals surface area (Å²) >= 11 is 0. The van der Waals surface area contributed by atoms with Gasteiger partial charge in [0.2, 0.25) is 0 Å². The Balaban J connectivity index is 1.63. The van der Waals surface area contributed by atoms with Crippen LogP contribution in [0.5, 0.6) is 0 Å². The fraction of sp³-hybridized carbons (Fsp3) is 0.190. The third-order valence-corrected chi connectivity index (χ3v) is 5.38. The van der Waals surface area contributed by atoms with Crippen LogP contribution >= 0.6 is 0 Å². The van der Waals surface area contributed by atoms with Crippen LogP contribution in [0.25, 0.3) is 16.8 Å². The molecule has 8 heteroatoms. The summed E-state index contributed by atoms with van der Waals surface area (Å²) in [5.41, 5.74) is 11.2. The molecule has 1 aliphatic heterocycles. The number of aromatic nitrogens is 4. The molecule has 0 fully saturated rings. The molecule has 2 N–H and O–H groups in total. The molecule has 0 saturated heterocycles. The van der Waals surface area contributed by atoms with Crippen molar-refractivity contribution in [1.82, 2.24) is 19.2 Å². The molecule has 4 aromatic rings. The number of hydrogen-bond acceptors (Lipinski definition) is 4. The van der Waals surface area contributed by atoms with Gasteiger partial charge in [0, 0.05) is 34.9 Å². The molecular formula is C21H19FN6O. The number of amides is 1. The Morgan fingerprint density at radius 3 is 2.79 bits per heavy atom. The lowest BCUT2D eigenvalue weighted by molar-refractivity contribution is 0.0952. The summed E-state index contributed by atoms with van der Waals surface area (Å²) < 4.78 is 17.2. The number of pyridine rings is 1. The van der Waals surface area contributed by atoms with Gasteiger partial charge in [0.15, 0.2) is 0 Å². The standard InChI is InChI=1S/C21H19FN6O/c1-12-7-15(4-5-17(12)22)27-11-18(23)28-20(21(27)29)16(9-25-28)14-3-6-19-24-8-13(2)26(19)10-14/h3-10,18H,11,23H2,1-2H3/t18-/m1/s1. The molecule has 146 valence electrons. The Morgan fingerprint density at radius 1 is 1.17 bits per heavy atom. The second-order valence-electron chi connectivity index (χ2n) is 7.31. The number of carbonyl (C=O) groups excluding carboxylic acids is 1. The number of halogens is 1. The van der Waals surface area contributed by atoms with Crippen molar-refractivity contribution in [2.75, 3.05) is 11.4 Å². The molecular weight excluding hydrogens is 371 g/mol. The lowest BCUT2D eigenvalue weighted by Gasteiger charge is -2.32. The zero-order valence-corrected chi connectivity index (χ0v) is 16.0. The SMILES string of the molecule is Cc1cc(N2C[C@H](N)n3ncc(-c4ccc5ncc(C)n5c4)c3C2=O)ccc1F. The zero-order chi connectivity index (χ0) is 20.3. The van der Waals surface area contributed by atoms with Crippen LogP contribution < -0.4 is 10.6 Å². The molecule has 0 bridgehead atoms. The van der Waals surface area contributed by atoms with Gasteiger partial charge in [0.1, 0.15) is 23.3 Å². The normalized spacial score (nSPS) is 16.5. The Kier molecular flexibility index (Phi) is 3.78. The van der Waals surface area contributed by atoms with E-state index in [1.807, 2.05) is 29.7 Å². The van der Waals surface area contributed by atoms with Crippen LogP contribution in [-0.4, -0.2) is 31.6 Å². The van der Waals surface area contributed by atoms with Gasteiger partial charge in [0.05, 0.1) is 12.7 Å². The summed E-state index contributed by atoms with van der Waals surface area (Å²) in [6.07, 6.45) is 4.90. The number of nitrogens with zero attached hydrogens (tertiary/aromatic N) is 5. The van der Waals surface area contributed by atoms with Crippen LogP contribution in [-0.2, 0) is 0 Å². The fourth-order valence-corrected chi connectivity index (χ4v) is 3.79.